The molecule has 3 heteroatoms. The van der Waals surface area contributed by atoms with Crippen LogP contribution in [0.1, 0.15) is 59.3 Å². The fourth-order valence-corrected chi connectivity index (χ4v) is 3.08. The molecule has 0 saturated heterocycles. The molecule has 1 unspecified atom stereocenters. The molecule has 0 spiro atoms. The minimum Gasteiger partial charge on any atom is -0.353 e. The first-order valence-corrected chi connectivity index (χ1v) is 7.52. The van der Waals surface area contributed by atoms with Crippen LogP contribution in [-0.2, 0) is 4.79 Å². The summed E-state index contributed by atoms with van der Waals surface area (Å²) >= 11 is 0. The van der Waals surface area contributed by atoms with E-state index >= 15 is 0 Å². The summed E-state index contributed by atoms with van der Waals surface area (Å²) in [7, 11) is 0. The highest BCUT2D eigenvalue weighted by Gasteiger charge is 2.23. The van der Waals surface area contributed by atoms with Crippen molar-refractivity contribution in [1.82, 2.24) is 5.32 Å². The Morgan fingerprint density at radius 3 is 2.39 bits per heavy atom. The standard InChI is InChI=1S/C15H30N2O/c1-11(2)8-13(10-16)9-15(18)17-12(3)14-6-4-5-7-14/h11-14H,4-10,16H2,1-3H3,(H,17,18)/t12-,13?/m1/s1. The van der Waals surface area contributed by atoms with Gasteiger partial charge in [0.2, 0.25) is 5.91 Å². The quantitative estimate of drug-likeness (QED) is 0.734. The highest BCUT2D eigenvalue weighted by molar-refractivity contribution is 5.76. The molecule has 1 aliphatic rings. The lowest BCUT2D eigenvalue weighted by Crippen LogP contribution is -2.38. The molecule has 2 atom stereocenters. The first-order chi connectivity index (χ1) is 8.52. The smallest absolute Gasteiger partial charge is 0.220 e. The summed E-state index contributed by atoms with van der Waals surface area (Å²) in [6.07, 6.45) is 6.82. The second-order valence-corrected chi connectivity index (χ2v) is 6.34. The molecular formula is C15H30N2O. The highest BCUT2D eigenvalue weighted by atomic mass is 16.1. The normalized spacial score (nSPS) is 20.1. The molecule has 0 bridgehead atoms. The SMILES string of the molecule is CC(C)CC(CN)CC(=O)N[C@H](C)C1CCCC1. The van der Waals surface area contributed by atoms with E-state index in [1.165, 1.54) is 25.7 Å². The molecule has 0 aromatic heterocycles. The van der Waals surface area contributed by atoms with E-state index in [2.05, 4.69) is 26.1 Å². The third kappa shape index (κ3) is 5.38. The molecule has 0 aromatic rings. The van der Waals surface area contributed by atoms with Gasteiger partial charge in [0, 0.05) is 12.5 Å². The van der Waals surface area contributed by atoms with Crippen molar-refractivity contribution in [3.8, 4) is 0 Å². The van der Waals surface area contributed by atoms with Crippen LogP contribution in [0.4, 0.5) is 0 Å². The lowest BCUT2D eigenvalue weighted by molar-refractivity contribution is -0.123. The van der Waals surface area contributed by atoms with Crippen molar-refractivity contribution >= 4 is 5.91 Å². The second kappa shape index (κ2) is 7.78. The van der Waals surface area contributed by atoms with Gasteiger partial charge in [-0.15, -0.1) is 0 Å². The van der Waals surface area contributed by atoms with Crippen LogP contribution < -0.4 is 11.1 Å². The van der Waals surface area contributed by atoms with Gasteiger partial charge in [0.1, 0.15) is 0 Å². The van der Waals surface area contributed by atoms with Gasteiger partial charge in [-0.1, -0.05) is 26.7 Å². The van der Waals surface area contributed by atoms with Gasteiger partial charge < -0.3 is 11.1 Å². The van der Waals surface area contributed by atoms with Gasteiger partial charge in [0.15, 0.2) is 0 Å². The van der Waals surface area contributed by atoms with Gasteiger partial charge in [-0.05, 0) is 50.5 Å². The van der Waals surface area contributed by atoms with Crippen molar-refractivity contribution in [1.29, 1.82) is 0 Å². The van der Waals surface area contributed by atoms with E-state index in [0.717, 1.165) is 6.42 Å². The van der Waals surface area contributed by atoms with Crippen molar-refractivity contribution in [2.45, 2.75) is 65.3 Å². The summed E-state index contributed by atoms with van der Waals surface area (Å²) in [5.41, 5.74) is 5.74. The van der Waals surface area contributed by atoms with Gasteiger partial charge in [-0.2, -0.15) is 0 Å². The number of hydrogen-bond acceptors (Lipinski definition) is 2. The molecule has 0 radical (unpaired) electrons. The average Bonchev–Trinajstić information content (AvgIpc) is 2.80. The summed E-state index contributed by atoms with van der Waals surface area (Å²) in [5, 5.41) is 3.17. The van der Waals surface area contributed by atoms with Crippen LogP contribution in [0, 0.1) is 17.8 Å². The zero-order valence-corrected chi connectivity index (χ0v) is 12.2. The number of nitrogens with one attached hydrogen (secondary N) is 1. The fourth-order valence-electron chi connectivity index (χ4n) is 3.08. The van der Waals surface area contributed by atoms with E-state index in [1.807, 2.05) is 0 Å². The van der Waals surface area contributed by atoms with Crippen molar-refractivity contribution in [3.05, 3.63) is 0 Å². The minimum absolute atomic E-state index is 0.186. The van der Waals surface area contributed by atoms with E-state index in [1.54, 1.807) is 0 Å². The number of carbonyl (C=O) groups is 1. The van der Waals surface area contributed by atoms with Crippen LogP contribution >= 0.6 is 0 Å². The van der Waals surface area contributed by atoms with E-state index in [0.29, 0.717) is 36.8 Å². The van der Waals surface area contributed by atoms with E-state index in [9.17, 15) is 4.79 Å². The largest absolute Gasteiger partial charge is 0.353 e. The van der Waals surface area contributed by atoms with Crippen LogP contribution in [0.15, 0.2) is 0 Å². The summed E-state index contributed by atoms with van der Waals surface area (Å²) in [4.78, 5) is 12.0. The molecule has 1 aliphatic carbocycles. The number of rotatable bonds is 7. The third-order valence-corrected chi connectivity index (χ3v) is 4.11. The lowest BCUT2D eigenvalue weighted by atomic mass is 9.93. The molecule has 1 rings (SSSR count). The Balaban J connectivity index is 2.30. The van der Waals surface area contributed by atoms with Gasteiger partial charge in [0.05, 0.1) is 0 Å². The Bertz CT molecular complexity index is 241. The molecule has 1 fully saturated rings. The predicted molar refractivity (Wildman–Crippen MR) is 76.2 cm³/mol. The fraction of sp³-hybridized carbons (Fsp3) is 0.933. The lowest BCUT2D eigenvalue weighted by Gasteiger charge is -2.22. The van der Waals surface area contributed by atoms with Crippen molar-refractivity contribution in [2.24, 2.45) is 23.5 Å². The van der Waals surface area contributed by atoms with E-state index in [-0.39, 0.29) is 5.91 Å². The van der Waals surface area contributed by atoms with E-state index in [4.69, 9.17) is 5.73 Å². The number of nitrogens with two attached hydrogens (primary N) is 1. The number of carbonyl (C=O) groups excluding carboxylic acids is 1. The Hall–Kier alpha value is -0.570. The Kier molecular flexibility index (Phi) is 6.69. The maximum absolute atomic E-state index is 12.0. The monoisotopic (exact) mass is 254 g/mol. The van der Waals surface area contributed by atoms with Crippen molar-refractivity contribution in [3.63, 3.8) is 0 Å². The van der Waals surface area contributed by atoms with Crippen molar-refractivity contribution < 1.29 is 4.79 Å². The van der Waals surface area contributed by atoms with Gasteiger partial charge >= 0.3 is 0 Å². The number of amides is 1. The maximum atomic E-state index is 12.0. The second-order valence-electron chi connectivity index (χ2n) is 6.34. The number of hydrogen-bond donors (Lipinski definition) is 2. The molecule has 0 heterocycles. The van der Waals surface area contributed by atoms with Crippen LogP contribution in [0.5, 0.6) is 0 Å². The summed E-state index contributed by atoms with van der Waals surface area (Å²) in [6.45, 7) is 7.13. The molecule has 3 nitrogen and oxygen atoms in total. The van der Waals surface area contributed by atoms with Crippen LogP contribution in [0.3, 0.4) is 0 Å². The first-order valence-electron chi connectivity index (χ1n) is 7.52. The van der Waals surface area contributed by atoms with Crippen LogP contribution in [0.25, 0.3) is 0 Å². The summed E-state index contributed by atoms with van der Waals surface area (Å²) < 4.78 is 0. The van der Waals surface area contributed by atoms with Crippen LogP contribution in [-0.4, -0.2) is 18.5 Å². The molecule has 1 saturated carbocycles. The van der Waals surface area contributed by atoms with Crippen LogP contribution in [0.2, 0.25) is 0 Å². The Labute approximate surface area is 112 Å². The topological polar surface area (TPSA) is 55.1 Å². The maximum Gasteiger partial charge on any atom is 0.220 e. The predicted octanol–water partition coefficient (Wildman–Crippen LogP) is 2.69. The van der Waals surface area contributed by atoms with Gasteiger partial charge in [0.25, 0.3) is 0 Å². The highest BCUT2D eigenvalue weighted by Crippen LogP contribution is 2.27. The van der Waals surface area contributed by atoms with Gasteiger partial charge in [-0.25, -0.2) is 0 Å². The molecule has 18 heavy (non-hydrogen) atoms. The average molecular weight is 254 g/mol. The molecule has 1 amide bonds. The van der Waals surface area contributed by atoms with E-state index < -0.39 is 0 Å². The van der Waals surface area contributed by atoms with Gasteiger partial charge in [-0.3, -0.25) is 4.79 Å². The molecule has 106 valence electrons. The zero-order chi connectivity index (χ0) is 13.5. The third-order valence-electron chi connectivity index (χ3n) is 4.11. The molecular weight excluding hydrogens is 224 g/mol. The molecule has 0 aromatic carbocycles. The molecule has 0 aliphatic heterocycles. The summed E-state index contributed by atoms with van der Waals surface area (Å²) in [6, 6.07) is 0.331. The summed E-state index contributed by atoms with van der Waals surface area (Å²) in [5.74, 6) is 1.82. The zero-order valence-electron chi connectivity index (χ0n) is 12.2. The minimum atomic E-state index is 0.186. The first kappa shape index (κ1) is 15.5. The van der Waals surface area contributed by atoms with Crippen molar-refractivity contribution in [2.75, 3.05) is 6.54 Å². The Morgan fingerprint density at radius 2 is 1.89 bits per heavy atom. The Morgan fingerprint density at radius 1 is 1.28 bits per heavy atom. The molecule has 3 N–H and O–H groups in total.